The SMILES string of the molecule is O=c1c2c([nH]c3cc(F)ccc13)C1C=CC=C(Cl)C1O2. The van der Waals surface area contributed by atoms with E-state index in [1.807, 2.05) is 12.2 Å². The molecule has 3 nitrogen and oxygen atoms in total. The Kier molecular flexibility index (Phi) is 2.32. The molecule has 4 rings (SSSR count). The lowest BCUT2D eigenvalue weighted by atomic mass is 9.95. The Balaban J connectivity index is 2.02. The number of ether oxygens (including phenoxy) is 1. The summed E-state index contributed by atoms with van der Waals surface area (Å²) in [4.78, 5) is 15.5. The molecule has 5 heteroatoms. The maximum absolute atomic E-state index is 13.3. The summed E-state index contributed by atoms with van der Waals surface area (Å²) in [6.07, 6.45) is 5.13. The standard InChI is InChI=1S/C15H9ClFNO2/c16-10-3-1-2-9-12-15(20-14(9)10)13(19)8-5-4-7(17)6-11(8)18-12/h1-6,9,14H,(H,18,19). The second-order valence-electron chi connectivity index (χ2n) is 4.89. The van der Waals surface area contributed by atoms with Gasteiger partial charge in [0.05, 0.1) is 22.2 Å². The first-order valence-corrected chi connectivity index (χ1v) is 6.59. The monoisotopic (exact) mass is 289 g/mol. The van der Waals surface area contributed by atoms with Crippen LogP contribution in [0.4, 0.5) is 4.39 Å². The first kappa shape index (κ1) is 11.7. The molecule has 1 aromatic heterocycles. The molecule has 0 amide bonds. The number of hydrogen-bond acceptors (Lipinski definition) is 2. The molecular formula is C15H9ClFNO2. The Bertz CT molecular complexity index is 853. The fourth-order valence-electron chi connectivity index (χ4n) is 2.75. The zero-order valence-corrected chi connectivity index (χ0v) is 10.9. The molecule has 2 atom stereocenters. The minimum Gasteiger partial charge on any atom is -0.478 e. The maximum Gasteiger partial charge on any atom is 0.231 e. The second-order valence-corrected chi connectivity index (χ2v) is 5.32. The fourth-order valence-corrected chi connectivity index (χ4v) is 3.01. The van der Waals surface area contributed by atoms with E-state index < -0.39 is 0 Å². The van der Waals surface area contributed by atoms with Crippen LogP contribution in [0.3, 0.4) is 0 Å². The van der Waals surface area contributed by atoms with E-state index in [4.69, 9.17) is 16.3 Å². The number of allylic oxidation sites excluding steroid dienone is 2. The summed E-state index contributed by atoms with van der Waals surface area (Å²) in [5, 5.41) is 0.963. The van der Waals surface area contributed by atoms with Crippen molar-refractivity contribution in [2.24, 2.45) is 0 Å². The van der Waals surface area contributed by atoms with Crippen molar-refractivity contribution in [3.05, 3.63) is 63.2 Å². The number of rotatable bonds is 0. The van der Waals surface area contributed by atoms with Crippen molar-refractivity contribution in [3.8, 4) is 5.75 Å². The summed E-state index contributed by atoms with van der Waals surface area (Å²) in [5.74, 6) is -0.249. The Hall–Kier alpha value is -2.07. The van der Waals surface area contributed by atoms with E-state index in [1.54, 1.807) is 6.08 Å². The lowest BCUT2D eigenvalue weighted by molar-refractivity contribution is 0.262. The van der Waals surface area contributed by atoms with Gasteiger partial charge in [-0.15, -0.1) is 0 Å². The van der Waals surface area contributed by atoms with Gasteiger partial charge < -0.3 is 9.72 Å². The number of aromatic nitrogens is 1. The molecular weight excluding hydrogens is 281 g/mol. The average molecular weight is 290 g/mol. The molecule has 0 radical (unpaired) electrons. The third kappa shape index (κ3) is 1.48. The topological polar surface area (TPSA) is 42.1 Å². The third-order valence-electron chi connectivity index (χ3n) is 3.70. The number of hydrogen-bond donors (Lipinski definition) is 1. The van der Waals surface area contributed by atoms with Gasteiger partial charge in [0.15, 0.2) is 5.75 Å². The minimum absolute atomic E-state index is 0.136. The largest absolute Gasteiger partial charge is 0.478 e. The summed E-state index contributed by atoms with van der Waals surface area (Å²) in [6, 6.07) is 4.04. The lowest BCUT2D eigenvalue weighted by Gasteiger charge is -2.17. The van der Waals surface area contributed by atoms with Crippen LogP contribution in [0.2, 0.25) is 0 Å². The molecule has 1 aromatic carbocycles. The van der Waals surface area contributed by atoms with E-state index >= 15 is 0 Å². The molecule has 2 aliphatic rings. The van der Waals surface area contributed by atoms with Crippen molar-refractivity contribution in [2.75, 3.05) is 0 Å². The Labute approximate surface area is 118 Å². The summed E-state index contributed by atoms with van der Waals surface area (Å²) in [5.41, 5.74) is 0.888. The van der Waals surface area contributed by atoms with Crippen molar-refractivity contribution >= 4 is 22.5 Å². The molecule has 0 saturated heterocycles. The average Bonchev–Trinajstić information content (AvgIpc) is 2.79. The zero-order chi connectivity index (χ0) is 13.9. The van der Waals surface area contributed by atoms with Gasteiger partial charge in [0.1, 0.15) is 11.9 Å². The Morgan fingerprint density at radius 1 is 1.35 bits per heavy atom. The molecule has 0 fully saturated rings. The molecule has 20 heavy (non-hydrogen) atoms. The van der Waals surface area contributed by atoms with Gasteiger partial charge in [0, 0.05) is 5.39 Å². The van der Waals surface area contributed by atoms with Gasteiger partial charge in [-0.1, -0.05) is 23.8 Å². The predicted octanol–water partition coefficient (Wildman–Crippen LogP) is 3.20. The third-order valence-corrected chi connectivity index (χ3v) is 4.04. The van der Waals surface area contributed by atoms with Crippen LogP contribution in [0.5, 0.6) is 5.75 Å². The number of aromatic amines is 1. The first-order chi connectivity index (χ1) is 9.65. The molecule has 2 heterocycles. The van der Waals surface area contributed by atoms with Crippen LogP contribution < -0.4 is 10.2 Å². The van der Waals surface area contributed by atoms with Crippen molar-refractivity contribution in [1.82, 2.24) is 4.98 Å². The summed E-state index contributed by atoms with van der Waals surface area (Å²) < 4.78 is 19.0. The van der Waals surface area contributed by atoms with Gasteiger partial charge in [-0.05, 0) is 24.3 Å². The summed E-state index contributed by atoms with van der Waals surface area (Å²) in [6.45, 7) is 0. The minimum atomic E-state index is -0.388. The van der Waals surface area contributed by atoms with Gasteiger partial charge in [0.25, 0.3) is 0 Å². The maximum atomic E-state index is 13.3. The van der Waals surface area contributed by atoms with Crippen molar-refractivity contribution in [1.29, 1.82) is 0 Å². The van der Waals surface area contributed by atoms with Gasteiger partial charge >= 0.3 is 0 Å². The van der Waals surface area contributed by atoms with Gasteiger partial charge in [-0.2, -0.15) is 0 Å². The normalized spacial score (nSPS) is 23.2. The molecule has 1 aliphatic heterocycles. The van der Waals surface area contributed by atoms with E-state index in [1.165, 1.54) is 18.2 Å². The molecule has 1 N–H and O–H groups in total. The van der Waals surface area contributed by atoms with Gasteiger partial charge in [-0.25, -0.2) is 4.39 Å². The number of H-pyrrole nitrogens is 1. The predicted molar refractivity (Wildman–Crippen MR) is 74.8 cm³/mol. The van der Waals surface area contributed by atoms with Gasteiger partial charge in [0.2, 0.25) is 5.43 Å². The molecule has 2 aromatic rings. The van der Waals surface area contributed by atoms with E-state index in [9.17, 15) is 9.18 Å². The van der Waals surface area contributed by atoms with Crippen LogP contribution in [-0.4, -0.2) is 11.1 Å². The fraction of sp³-hybridized carbons (Fsp3) is 0.133. The highest BCUT2D eigenvalue weighted by Crippen LogP contribution is 2.42. The molecule has 0 bridgehead atoms. The highest BCUT2D eigenvalue weighted by molar-refractivity contribution is 6.30. The van der Waals surface area contributed by atoms with Crippen molar-refractivity contribution in [3.63, 3.8) is 0 Å². The number of pyridine rings is 1. The summed E-state index contributed by atoms with van der Waals surface area (Å²) in [7, 11) is 0. The highest BCUT2D eigenvalue weighted by Gasteiger charge is 2.38. The first-order valence-electron chi connectivity index (χ1n) is 6.21. The molecule has 0 spiro atoms. The van der Waals surface area contributed by atoms with E-state index in [-0.39, 0.29) is 29.0 Å². The molecule has 2 unspecified atom stereocenters. The Morgan fingerprint density at radius 3 is 3.05 bits per heavy atom. The van der Waals surface area contributed by atoms with E-state index in [2.05, 4.69) is 4.98 Å². The highest BCUT2D eigenvalue weighted by atomic mass is 35.5. The molecule has 0 saturated carbocycles. The molecule has 100 valence electrons. The van der Waals surface area contributed by atoms with Gasteiger partial charge in [-0.3, -0.25) is 4.79 Å². The van der Waals surface area contributed by atoms with Crippen LogP contribution in [0.1, 0.15) is 11.6 Å². The molecule has 1 aliphatic carbocycles. The number of fused-ring (bicyclic) bond motifs is 4. The zero-order valence-electron chi connectivity index (χ0n) is 10.2. The van der Waals surface area contributed by atoms with E-state index in [0.29, 0.717) is 21.6 Å². The number of halogens is 2. The quantitative estimate of drug-likeness (QED) is 0.809. The van der Waals surface area contributed by atoms with Crippen molar-refractivity contribution < 1.29 is 9.13 Å². The summed E-state index contributed by atoms with van der Waals surface area (Å²) >= 11 is 6.13. The smallest absolute Gasteiger partial charge is 0.231 e. The number of benzene rings is 1. The van der Waals surface area contributed by atoms with Crippen LogP contribution in [0, 0.1) is 5.82 Å². The van der Waals surface area contributed by atoms with Crippen LogP contribution in [0.15, 0.2) is 46.3 Å². The van der Waals surface area contributed by atoms with E-state index in [0.717, 1.165) is 0 Å². The second kappa shape index (κ2) is 3.96. The van der Waals surface area contributed by atoms with Crippen LogP contribution in [-0.2, 0) is 0 Å². The Morgan fingerprint density at radius 2 is 2.20 bits per heavy atom. The lowest BCUT2D eigenvalue weighted by Crippen LogP contribution is -2.20. The number of nitrogens with one attached hydrogen (secondary N) is 1. The van der Waals surface area contributed by atoms with Crippen LogP contribution >= 0.6 is 11.6 Å². The van der Waals surface area contributed by atoms with Crippen molar-refractivity contribution in [2.45, 2.75) is 12.0 Å². The van der Waals surface area contributed by atoms with Crippen LogP contribution in [0.25, 0.3) is 10.9 Å².